The summed E-state index contributed by atoms with van der Waals surface area (Å²) >= 11 is 0. The first-order valence-electron chi connectivity index (χ1n) is 10.4. The Morgan fingerprint density at radius 1 is 0.294 bits per heavy atom. The van der Waals surface area contributed by atoms with E-state index >= 15 is 0 Å². The monoisotopic (exact) mass is 847 g/mol. The van der Waals surface area contributed by atoms with Crippen molar-refractivity contribution in [2.45, 2.75) is 89.7 Å². The van der Waals surface area contributed by atoms with Crippen LogP contribution in [-0.4, -0.2) is 106 Å². The number of alkyl halides is 32. The van der Waals surface area contributed by atoms with Crippen molar-refractivity contribution in [2.75, 3.05) is 0 Å². The molecule has 0 amide bonds. The van der Waals surface area contributed by atoms with E-state index in [1.165, 1.54) is 0 Å². The van der Waals surface area contributed by atoms with Gasteiger partial charge in [-0.1, -0.05) is 4.90 Å². The first kappa shape index (κ1) is 48.2. The van der Waals surface area contributed by atoms with Gasteiger partial charge in [-0.05, 0) is 0 Å². The van der Waals surface area contributed by atoms with E-state index in [9.17, 15) is 145 Å². The molecule has 3 nitrogen and oxygen atoms in total. The number of carboxylic acid groups (broad SMARTS) is 1. The number of carbonyl (C=O) groups is 1. The molecule has 0 heterocycles. The molecule has 0 fully saturated rings. The highest BCUT2D eigenvalue weighted by Gasteiger charge is 3.01. The Morgan fingerprint density at radius 3 is 0.588 bits per heavy atom. The molecule has 1 atom stereocenters. The Labute approximate surface area is 252 Å². The number of halogens is 32. The van der Waals surface area contributed by atoms with Gasteiger partial charge < -0.3 is 5.11 Å². The lowest BCUT2D eigenvalue weighted by Crippen LogP contribution is -2.81. The Bertz CT molecular complexity index is 1290. The zero-order valence-electron chi connectivity index (χ0n) is 21.4. The van der Waals surface area contributed by atoms with E-state index in [1.807, 2.05) is 0 Å². The Balaban J connectivity index is 7.92. The molecule has 0 bridgehead atoms. The van der Waals surface area contributed by atoms with Crippen LogP contribution in [0.25, 0.3) is 0 Å². The van der Waals surface area contributed by atoms with Crippen LogP contribution < -0.4 is 0 Å². The smallest absolute Gasteiger partial charge is 0.470 e. The Hall–Kier alpha value is -2.81. The third-order valence-electron chi connectivity index (χ3n) is 5.81. The molecule has 0 spiro atoms. The fourth-order valence-corrected chi connectivity index (χ4v) is 3.02. The standard InChI is InChI=1S/C16HF32NO2/c17-2(1(50)51,49(15(43,44)45)16(46,47)48)3(18,19)4(20,21)5(22,23)6(24,25)7(26,27)8(28,29)9(30,31)10(32,33)11(34,35)12(36,37)13(38,39)14(40,41)42/h(H,50,51). The van der Waals surface area contributed by atoms with E-state index in [4.69, 9.17) is 5.11 Å². The minimum Gasteiger partial charge on any atom is -0.478 e. The minimum absolute atomic E-state index is 5.04. The van der Waals surface area contributed by atoms with E-state index in [1.54, 1.807) is 0 Å². The molecule has 1 unspecified atom stereocenters. The van der Waals surface area contributed by atoms with Gasteiger partial charge in [-0.25, -0.2) is 9.18 Å². The summed E-state index contributed by atoms with van der Waals surface area (Å²) < 4.78 is 426. The van der Waals surface area contributed by atoms with Gasteiger partial charge in [0.2, 0.25) is 0 Å². The Kier molecular flexibility index (Phi) is 11.0. The molecule has 0 saturated heterocycles. The van der Waals surface area contributed by atoms with Gasteiger partial charge in [-0.15, -0.1) is 0 Å². The summed E-state index contributed by atoms with van der Waals surface area (Å²) in [5.41, 5.74) is 0. The number of carboxylic acids is 1. The van der Waals surface area contributed by atoms with E-state index in [2.05, 4.69) is 0 Å². The topological polar surface area (TPSA) is 40.5 Å². The summed E-state index contributed by atoms with van der Waals surface area (Å²) in [6.07, 6.45) is -25.0. The molecule has 0 saturated carbocycles. The molecule has 0 rings (SSSR count). The highest BCUT2D eigenvalue weighted by molar-refractivity contribution is 5.79. The number of hydrogen-bond acceptors (Lipinski definition) is 2. The molecular weight excluding hydrogens is 846 g/mol. The van der Waals surface area contributed by atoms with Crippen LogP contribution in [0.2, 0.25) is 0 Å². The maximum absolute atomic E-state index is 14.3. The first-order valence-corrected chi connectivity index (χ1v) is 10.4. The summed E-state index contributed by atoms with van der Waals surface area (Å²) in [4.78, 5) is 5.52. The van der Waals surface area contributed by atoms with E-state index in [-0.39, 0.29) is 0 Å². The third-order valence-corrected chi connectivity index (χ3v) is 5.81. The molecule has 0 aliphatic heterocycles. The van der Waals surface area contributed by atoms with Crippen molar-refractivity contribution in [3.8, 4) is 0 Å². The molecule has 306 valence electrons. The zero-order valence-corrected chi connectivity index (χ0v) is 21.4. The van der Waals surface area contributed by atoms with Crippen molar-refractivity contribution >= 4 is 5.97 Å². The third kappa shape index (κ3) is 5.77. The molecule has 0 radical (unpaired) electrons. The summed E-state index contributed by atoms with van der Waals surface area (Å²) in [6.45, 7) is 0. The SMILES string of the molecule is O=C(O)C(F)(N(C(F)(F)F)C(F)(F)F)C(F)(F)C(F)(F)C(F)(F)C(F)(F)C(F)(F)C(F)(F)C(F)(F)C(F)(F)C(F)(F)C(F)(F)C(F)(F)C(F)(F)F. The van der Waals surface area contributed by atoms with Crippen LogP contribution in [0.1, 0.15) is 0 Å². The predicted molar refractivity (Wildman–Crippen MR) is 85.9 cm³/mol. The number of rotatable bonds is 13. The van der Waals surface area contributed by atoms with Crippen molar-refractivity contribution in [3.63, 3.8) is 0 Å². The molecule has 1 N–H and O–H groups in total. The summed E-state index contributed by atoms with van der Waals surface area (Å²) in [7, 11) is 0. The van der Waals surface area contributed by atoms with Crippen LogP contribution in [0, 0.1) is 0 Å². The number of hydrogen-bond donors (Lipinski definition) is 1. The fourth-order valence-electron chi connectivity index (χ4n) is 3.02. The van der Waals surface area contributed by atoms with Crippen molar-refractivity contribution < 1.29 is 150 Å². The lowest BCUT2D eigenvalue weighted by atomic mass is 9.83. The minimum atomic E-state index is -10.2. The zero-order chi connectivity index (χ0) is 42.7. The second kappa shape index (κ2) is 11.6. The predicted octanol–water partition coefficient (Wildman–Crippen LogP) is 9.63. The van der Waals surface area contributed by atoms with E-state index in [0.717, 1.165) is 0 Å². The average molecular weight is 847 g/mol. The lowest BCUT2D eigenvalue weighted by molar-refractivity contribution is -0.491. The summed E-state index contributed by atoms with van der Waals surface area (Å²) in [5, 5.41) is 8.06. The first-order chi connectivity index (χ1) is 21.3. The van der Waals surface area contributed by atoms with Crippen LogP contribution in [0.4, 0.5) is 140 Å². The van der Waals surface area contributed by atoms with Gasteiger partial charge in [-0.2, -0.15) is 136 Å². The Morgan fingerprint density at radius 2 is 0.451 bits per heavy atom. The van der Waals surface area contributed by atoms with Gasteiger partial charge in [0, 0.05) is 0 Å². The van der Waals surface area contributed by atoms with Crippen molar-refractivity contribution in [3.05, 3.63) is 0 Å². The van der Waals surface area contributed by atoms with Crippen LogP contribution in [0.5, 0.6) is 0 Å². The summed E-state index contributed by atoms with van der Waals surface area (Å²) in [5.74, 6) is -123. The van der Waals surface area contributed by atoms with Crippen LogP contribution in [0.15, 0.2) is 0 Å². The molecule has 51 heavy (non-hydrogen) atoms. The summed E-state index contributed by atoms with van der Waals surface area (Å²) in [6, 6.07) is 0. The normalized spacial score (nSPS) is 17.9. The lowest BCUT2D eigenvalue weighted by Gasteiger charge is -2.47. The van der Waals surface area contributed by atoms with E-state index in [0.29, 0.717) is 0 Å². The van der Waals surface area contributed by atoms with Crippen molar-refractivity contribution in [1.82, 2.24) is 4.90 Å². The molecule has 35 heteroatoms. The quantitative estimate of drug-likeness (QED) is 0.148. The second-order valence-corrected chi connectivity index (χ2v) is 9.01. The fraction of sp³-hybridized carbons (Fsp3) is 0.938. The van der Waals surface area contributed by atoms with E-state index < -0.39 is 101 Å². The second-order valence-electron chi connectivity index (χ2n) is 9.01. The van der Waals surface area contributed by atoms with Gasteiger partial charge in [0.05, 0.1) is 0 Å². The van der Waals surface area contributed by atoms with Gasteiger partial charge in [0.15, 0.2) is 0 Å². The molecule has 0 aromatic carbocycles. The molecular formula is C16HF32NO2. The molecule has 0 aromatic rings. The van der Waals surface area contributed by atoms with Crippen molar-refractivity contribution in [2.24, 2.45) is 0 Å². The van der Waals surface area contributed by atoms with Crippen LogP contribution in [-0.2, 0) is 4.79 Å². The van der Waals surface area contributed by atoms with Gasteiger partial charge in [0.1, 0.15) is 0 Å². The molecule has 0 aliphatic rings. The maximum Gasteiger partial charge on any atom is 0.470 e. The average Bonchev–Trinajstić information content (AvgIpc) is 2.84. The maximum atomic E-state index is 14.3. The van der Waals surface area contributed by atoms with Crippen molar-refractivity contribution in [1.29, 1.82) is 0 Å². The van der Waals surface area contributed by atoms with Crippen LogP contribution in [0.3, 0.4) is 0 Å². The highest BCUT2D eigenvalue weighted by atomic mass is 19.4. The molecule has 0 aromatic heterocycles. The highest BCUT2D eigenvalue weighted by Crippen LogP contribution is 2.68. The largest absolute Gasteiger partial charge is 0.478 e. The van der Waals surface area contributed by atoms with Gasteiger partial charge in [-0.3, -0.25) is 0 Å². The molecule has 0 aliphatic carbocycles. The van der Waals surface area contributed by atoms with Crippen LogP contribution >= 0.6 is 0 Å². The van der Waals surface area contributed by atoms with Gasteiger partial charge >= 0.3 is 95.7 Å². The number of aliphatic carboxylic acids is 1. The van der Waals surface area contributed by atoms with Gasteiger partial charge in [0.25, 0.3) is 0 Å². The number of nitrogens with zero attached hydrogens (tertiary/aromatic N) is 1.